The van der Waals surface area contributed by atoms with Crippen LogP contribution in [0.4, 0.5) is 0 Å². The minimum absolute atomic E-state index is 0.136. The summed E-state index contributed by atoms with van der Waals surface area (Å²) in [6, 6.07) is 12.1. The maximum absolute atomic E-state index is 12.3. The quantitative estimate of drug-likeness (QED) is 0.739. The third-order valence-corrected chi connectivity index (χ3v) is 5.02. The van der Waals surface area contributed by atoms with E-state index in [9.17, 15) is 8.42 Å². The van der Waals surface area contributed by atoms with Crippen LogP contribution >= 0.6 is 0 Å². The third-order valence-electron chi connectivity index (χ3n) is 3.40. The normalized spacial score (nSPS) is 11.1. The van der Waals surface area contributed by atoms with E-state index in [2.05, 4.69) is 4.72 Å². The van der Waals surface area contributed by atoms with Crippen LogP contribution in [-0.4, -0.2) is 35.8 Å². The summed E-state index contributed by atoms with van der Waals surface area (Å²) in [4.78, 5) is 0.268. The molecule has 0 saturated heterocycles. The lowest BCUT2D eigenvalue weighted by Gasteiger charge is -2.14. The molecule has 24 heavy (non-hydrogen) atoms. The largest absolute Gasteiger partial charge is 0.493 e. The fraction of sp³-hybridized carbons (Fsp3) is 0.294. The average Bonchev–Trinajstić information content (AvgIpc) is 2.58. The van der Waals surface area contributed by atoms with Crippen molar-refractivity contribution in [3.05, 3.63) is 48.0 Å². The molecule has 130 valence electrons. The molecule has 0 radical (unpaired) electrons. The Morgan fingerprint density at radius 1 is 0.958 bits per heavy atom. The maximum Gasteiger partial charge on any atom is 0.240 e. The van der Waals surface area contributed by atoms with Crippen molar-refractivity contribution in [2.75, 3.05) is 27.4 Å². The van der Waals surface area contributed by atoms with E-state index in [0.717, 1.165) is 0 Å². The van der Waals surface area contributed by atoms with E-state index in [1.54, 1.807) is 49.4 Å². The van der Waals surface area contributed by atoms with Gasteiger partial charge in [-0.25, -0.2) is 13.1 Å². The maximum atomic E-state index is 12.3. The Labute approximate surface area is 142 Å². The van der Waals surface area contributed by atoms with E-state index < -0.39 is 10.0 Å². The molecule has 7 heteroatoms. The molecule has 0 atom stereocenters. The van der Waals surface area contributed by atoms with E-state index in [1.165, 1.54) is 14.2 Å². The van der Waals surface area contributed by atoms with Crippen molar-refractivity contribution in [3.63, 3.8) is 0 Å². The molecule has 6 nitrogen and oxygen atoms in total. The molecule has 0 aliphatic heterocycles. The molecule has 2 aromatic rings. The predicted molar refractivity (Wildman–Crippen MR) is 91.4 cm³/mol. The monoisotopic (exact) mass is 351 g/mol. The number of sulfonamides is 1. The van der Waals surface area contributed by atoms with Crippen molar-refractivity contribution in [1.82, 2.24) is 4.72 Å². The van der Waals surface area contributed by atoms with Gasteiger partial charge in [0.2, 0.25) is 15.8 Å². The molecule has 0 fully saturated rings. The minimum atomic E-state index is -3.56. The predicted octanol–water partition coefficient (Wildman–Crippen LogP) is 2.37. The smallest absolute Gasteiger partial charge is 0.240 e. The van der Waals surface area contributed by atoms with Gasteiger partial charge >= 0.3 is 0 Å². The fourth-order valence-corrected chi connectivity index (χ4v) is 3.50. The van der Waals surface area contributed by atoms with Crippen LogP contribution < -0.4 is 18.9 Å². The first-order valence-corrected chi connectivity index (χ1v) is 8.87. The van der Waals surface area contributed by atoms with Crippen LogP contribution in [0.5, 0.6) is 17.2 Å². The lowest BCUT2D eigenvalue weighted by Crippen LogP contribution is -2.28. The number of hydrogen-bond acceptors (Lipinski definition) is 5. The van der Waals surface area contributed by atoms with E-state index in [4.69, 9.17) is 14.2 Å². The number of para-hydroxylation sites is 1. The van der Waals surface area contributed by atoms with Gasteiger partial charge < -0.3 is 14.2 Å². The lowest BCUT2D eigenvalue weighted by atomic mass is 10.2. The highest BCUT2D eigenvalue weighted by molar-refractivity contribution is 7.89. The third kappa shape index (κ3) is 4.18. The Morgan fingerprint density at radius 3 is 2.33 bits per heavy atom. The van der Waals surface area contributed by atoms with Gasteiger partial charge in [0.1, 0.15) is 6.61 Å². The Hall–Kier alpha value is -2.25. The molecule has 0 aliphatic rings. The molecule has 0 saturated carbocycles. The van der Waals surface area contributed by atoms with Crippen LogP contribution in [0.3, 0.4) is 0 Å². The zero-order valence-corrected chi connectivity index (χ0v) is 14.7. The van der Waals surface area contributed by atoms with Crippen molar-refractivity contribution in [2.24, 2.45) is 0 Å². The van der Waals surface area contributed by atoms with Gasteiger partial charge in [-0.15, -0.1) is 0 Å². The van der Waals surface area contributed by atoms with Crippen molar-refractivity contribution in [1.29, 1.82) is 0 Å². The summed E-state index contributed by atoms with van der Waals surface area (Å²) < 4.78 is 43.1. The van der Waals surface area contributed by atoms with Crippen molar-refractivity contribution < 1.29 is 22.6 Å². The summed E-state index contributed by atoms with van der Waals surface area (Å²) in [7, 11) is -0.501. The molecular formula is C17H21NO5S. The summed E-state index contributed by atoms with van der Waals surface area (Å²) in [6.07, 6.45) is 0. The van der Waals surface area contributed by atoms with E-state index in [1.807, 2.05) is 0 Å². The number of benzene rings is 2. The molecule has 0 amide bonds. The molecule has 0 aliphatic carbocycles. The van der Waals surface area contributed by atoms with E-state index in [-0.39, 0.29) is 18.0 Å². The van der Waals surface area contributed by atoms with Crippen LogP contribution in [0.1, 0.15) is 5.56 Å². The van der Waals surface area contributed by atoms with Crippen LogP contribution in [0.25, 0.3) is 0 Å². The van der Waals surface area contributed by atoms with Gasteiger partial charge in [-0.05, 0) is 30.7 Å². The number of aryl methyl sites for hydroxylation is 1. The lowest BCUT2D eigenvalue weighted by molar-refractivity contribution is 0.287. The van der Waals surface area contributed by atoms with Crippen LogP contribution in [-0.2, 0) is 10.0 Å². The standard InChI is InChI=1S/C17H21NO5S/c1-13-7-4-5-10-16(13)24(19,20)18-11-12-23-15-9-6-8-14(21-2)17(15)22-3/h4-10,18H,11-12H2,1-3H3. The molecule has 0 aromatic heterocycles. The Morgan fingerprint density at radius 2 is 1.67 bits per heavy atom. The van der Waals surface area contributed by atoms with Gasteiger partial charge in [0.25, 0.3) is 0 Å². The zero-order valence-electron chi connectivity index (χ0n) is 13.9. The highest BCUT2D eigenvalue weighted by Gasteiger charge is 2.16. The summed E-state index contributed by atoms with van der Waals surface area (Å²) in [5.41, 5.74) is 0.695. The van der Waals surface area contributed by atoms with Crippen LogP contribution in [0, 0.1) is 6.92 Å². The number of methoxy groups -OCH3 is 2. The second-order valence-electron chi connectivity index (χ2n) is 5.00. The highest BCUT2D eigenvalue weighted by Crippen LogP contribution is 2.36. The van der Waals surface area contributed by atoms with Gasteiger partial charge in [0, 0.05) is 6.54 Å². The molecule has 0 spiro atoms. The Kier molecular flexibility index (Phi) is 6.05. The molecule has 0 heterocycles. The van der Waals surface area contributed by atoms with Crippen molar-refractivity contribution in [3.8, 4) is 17.2 Å². The molecular weight excluding hydrogens is 330 g/mol. The van der Waals surface area contributed by atoms with E-state index >= 15 is 0 Å². The molecule has 2 aromatic carbocycles. The first kappa shape index (κ1) is 18.1. The van der Waals surface area contributed by atoms with Gasteiger partial charge in [-0.1, -0.05) is 24.3 Å². The minimum Gasteiger partial charge on any atom is -0.493 e. The van der Waals surface area contributed by atoms with Crippen molar-refractivity contribution in [2.45, 2.75) is 11.8 Å². The second-order valence-corrected chi connectivity index (χ2v) is 6.74. The van der Waals surface area contributed by atoms with Crippen LogP contribution in [0.2, 0.25) is 0 Å². The Balaban J connectivity index is 1.97. The Bertz CT molecular complexity index is 789. The summed E-state index contributed by atoms with van der Waals surface area (Å²) in [5.74, 6) is 1.52. The first-order valence-electron chi connectivity index (χ1n) is 7.38. The summed E-state index contributed by atoms with van der Waals surface area (Å²) in [5, 5.41) is 0. The molecule has 2 rings (SSSR count). The van der Waals surface area contributed by atoms with Gasteiger partial charge in [0.15, 0.2) is 11.5 Å². The molecule has 1 N–H and O–H groups in total. The SMILES string of the molecule is COc1cccc(OCCNS(=O)(=O)c2ccccc2C)c1OC. The number of rotatable bonds is 8. The number of ether oxygens (including phenoxy) is 3. The first-order chi connectivity index (χ1) is 11.5. The highest BCUT2D eigenvalue weighted by atomic mass is 32.2. The number of nitrogens with one attached hydrogen (secondary N) is 1. The second kappa shape index (κ2) is 8.03. The summed E-state index contributed by atoms with van der Waals surface area (Å²) in [6.45, 7) is 2.05. The van der Waals surface area contributed by atoms with Crippen LogP contribution in [0.15, 0.2) is 47.4 Å². The van der Waals surface area contributed by atoms with Gasteiger partial charge in [-0.3, -0.25) is 0 Å². The van der Waals surface area contributed by atoms with E-state index in [0.29, 0.717) is 22.8 Å². The van der Waals surface area contributed by atoms with Crippen molar-refractivity contribution >= 4 is 10.0 Å². The topological polar surface area (TPSA) is 73.9 Å². The molecule has 0 unspecified atom stereocenters. The fourth-order valence-electron chi connectivity index (χ4n) is 2.24. The van der Waals surface area contributed by atoms with Gasteiger partial charge in [-0.2, -0.15) is 0 Å². The summed E-state index contributed by atoms with van der Waals surface area (Å²) >= 11 is 0. The number of hydrogen-bond donors (Lipinski definition) is 1. The van der Waals surface area contributed by atoms with Gasteiger partial charge in [0.05, 0.1) is 19.1 Å². The zero-order chi connectivity index (χ0) is 17.6. The molecule has 0 bridgehead atoms. The average molecular weight is 351 g/mol.